The van der Waals surface area contributed by atoms with Crippen LogP contribution in [0.1, 0.15) is 55.6 Å². The molecule has 1 N–H and O–H groups in total. The molecule has 0 saturated carbocycles. The molecular formula is C34H33ClFN5O2. The van der Waals surface area contributed by atoms with Crippen molar-refractivity contribution in [3.63, 3.8) is 0 Å². The third kappa shape index (κ3) is 5.59. The van der Waals surface area contributed by atoms with Gasteiger partial charge < -0.3 is 10.2 Å². The van der Waals surface area contributed by atoms with Crippen molar-refractivity contribution in [2.24, 2.45) is 13.0 Å². The van der Waals surface area contributed by atoms with Crippen LogP contribution in [0, 0.1) is 18.7 Å². The van der Waals surface area contributed by atoms with E-state index < -0.39 is 5.82 Å². The Kier molecular flexibility index (Phi) is 7.88. The first-order valence-corrected chi connectivity index (χ1v) is 15.0. The summed E-state index contributed by atoms with van der Waals surface area (Å²) in [6.45, 7) is 4.20. The number of carbonyl (C=O) groups excluding carboxylic acids is 2. The summed E-state index contributed by atoms with van der Waals surface area (Å²) in [6.07, 6.45) is 7.66. The number of aromatic nitrogens is 3. The van der Waals surface area contributed by atoms with Crippen LogP contribution < -0.4 is 5.32 Å². The van der Waals surface area contributed by atoms with E-state index in [1.54, 1.807) is 29.1 Å². The second kappa shape index (κ2) is 11.8. The first-order valence-electron chi connectivity index (χ1n) is 14.6. The summed E-state index contributed by atoms with van der Waals surface area (Å²) in [7, 11) is 1.82. The molecule has 0 saturated heterocycles. The minimum absolute atomic E-state index is 0.00911. The van der Waals surface area contributed by atoms with E-state index in [0.29, 0.717) is 42.5 Å². The van der Waals surface area contributed by atoms with Crippen molar-refractivity contribution >= 4 is 34.7 Å². The van der Waals surface area contributed by atoms with Crippen LogP contribution in [0.15, 0.2) is 67.0 Å². The third-order valence-electron chi connectivity index (χ3n) is 8.48. The van der Waals surface area contributed by atoms with Crippen molar-refractivity contribution in [1.29, 1.82) is 0 Å². The number of rotatable bonds is 3. The molecule has 0 spiro atoms. The molecule has 2 aromatic carbocycles. The van der Waals surface area contributed by atoms with Crippen LogP contribution >= 0.6 is 11.6 Å². The van der Waals surface area contributed by atoms with E-state index in [1.165, 1.54) is 0 Å². The lowest BCUT2D eigenvalue weighted by atomic mass is 9.89. The molecule has 2 atom stereocenters. The Labute approximate surface area is 255 Å². The molecule has 2 amide bonds. The Morgan fingerprint density at radius 2 is 1.86 bits per heavy atom. The van der Waals surface area contributed by atoms with Crippen LogP contribution in [0.25, 0.3) is 27.8 Å². The molecule has 6 rings (SSSR count). The highest BCUT2D eigenvalue weighted by Crippen LogP contribution is 2.40. The Morgan fingerprint density at radius 1 is 1.05 bits per heavy atom. The molecule has 9 heteroatoms. The molecule has 43 heavy (non-hydrogen) atoms. The first kappa shape index (κ1) is 28.8. The minimum atomic E-state index is -0.541. The number of nitrogens with one attached hydrogen (secondary N) is 1. The number of halogens is 2. The standard InChI is InChI=1S/C34H33ClFN5O2/c1-20-7-6-10-30(29-17-22(13-15-37-29)24-8-4-5-9-28(24)38-34(20)43)41-16-14-23(18-31(41)42)32-25(11-12-27(35)33(32)36)26-19-40(3)39-21(26)2/h4-5,8-9,11-13,15,17-20,30H,6-7,10,14,16H2,1-3H3,(H,38,43). The molecule has 0 fully saturated rings. The van der Waals surface area contributed by atoms with E-state index in [2.05, 4.69) is 10.4 Å². The second-order valence-electron chi connectivity index (χ2n) is 11.4. The van der Waals surface area contributed by atoms with Gasteiger partial charge in [-0.25, -0.2) is 4.39 Å². The Morgan fingerprint density at radius 3 is 2.63 bits per heavy atom. The van der Waals surface area contributed by atoms with Crippen LogP contribution in [0.2, 0.25) is 5.02 Å². The van der Waals surface area contributed by atoms with Crippen molar-refractivity contribution in [3.05, 3.63) is 94.8 Å². The number of para-hydroxylation sites is 1. The molecule has 4 aromatic rings. The summed E-state index contributed by atoms with van der Waals surface area (Å²) < 4.78 is 17.4. The van der Waals surface area contributed by atoms with Gasteiger partial charge in [-0.05, 0) is 67.2 Å². The Bertz CT molecular complexity index is 1760. The molecule has 2 aliphatic heterocycles. The largest absolute Gasteiger partial charge is 0.330 e. The highest BCUT2D eigenvalue weighted by Gasteiger charge is 2.31. The van der Waals surface area contributed by atoms with Gasteiger partial charge in [-0.3, -0.25) is 19.3 Å². The smallest absolute Gasteiger partial charge is 0.247 e. The fourth-order valence-corrected chi connectivity index (χ4v) is 6.38. The number of aryl methyl sites for hydroxylation is 2. The number of hydrogen-bond acceptors (Lipinski definition) is 4. The maximum Gasteiger partial charge on any atom is 0.247 e. The predicted molar refractivity (Wildman–Crippen MR) is 167 cm³/mol. The van der Waals surface area contributed by atoms with Gasteiger partial charge in [-0.1, -0.05) is 49.2 Å². The first-order chi connectivity index (χ1) is 20.7. The van der Waals surface area contributed by atoms with Crippen molar-refractivity contribution in [1.82, 2.24) is 19.7 Å². The molecule has 2 aliphatic rings. The number of amides is 2. The van der Waals surface area contributed by atoms with Gasteiger partial charge in [0.25, 0.3) is 0 Å². The maximum atomic E-state index is 15.7. The molecular weight excluding hydrogens is 565 g/mol. The summed E-state index contributed by atoms with van der Waals surface area (Å²) in [5.41, 5.74) is 6.51. The molecule has 0 radical (unpaired) electrons. The van der Waals surface area contributed by atoms with Gasteiger partial charge in [0.05, 0.1) is 22.5 Å². The predicted octanol–water partition coefficient (Wildman–Crippen LogP) is 7.37. The van der Waals surface area contributed by atoms with Crippen LogP contribution in [0.4, 0.5) is 10.1 Å². The Balaban J connectivity index is 1.39. The second-order valence-corrected chi connectivity index (χ2v) is 11.8. The summed E-state index contributed by atoms with van der Waals surface area (Å²) in [5, 5.41) is 7.53. The zero-order valence-corrected chi connectivity index (χ0v) is 25.2. The fraction of sp³-hybridized carbons (Fsp3) is 0.294. The van der Waals surface area contributed by atoms with Gasteiger partial charge in [-0.15, -0.1) is 0 Å². The van der Waals surface area contributed by atoms with Gasteiger partial charge in [-0.2, -0.15) is 5.10 Å². The lowest BCUT2D eigenvalue weighted by Gasteiger charge is -2.35. The van der Waals surface area contributed by atoms with E-state index in [9.17, 15) is 9.59 Å². The lowest BCUT2D eigenvalue weighted by Crippen LogP contribution is -2.38. The minimum Gasteiger partial charge on any atom is -0.330 e. The summed E-state index contributed by atoms with van der Waals surface area (Å²) in [6, 6.07) is 14.7. The van der Waals surface area contributed by atoms with Crippen LogP contribution in [0.5, 0.6) is 0 Å². The summed E-state index contributed by atoms with van der Waals surface area (Å²) in [4.78, 5) is 33.4. The number of hydrogen-bond donors (Lipinski definition) is 1. The van der Waals surface area contributed by atoms with Crippen molar-refractivity contribution in [3.8, 4) is 22.3 Å². The van der Waals surface area contributed by atoms with E-state index >= 15 is 4.39 Å². The van der Waals surface area contributed by atoms with Gasteiger partial charge in [0.15, 0.2) is 0 Å². The van der Waals surface area contributed by atoms with Crippen molar-refractivity contribution < 1.29 is 14.0 Å². The number of nitrogens with zero attached hydrogens (tertiary/aromatic N) is 4. The third-order valence-corrected chi connectivity index (χ3v) is 8.77. The highest BCUT2D eigenvalue weighted by molar-refractivity contribution is 6.31. The molecule has 2 aromatic heterocycles. The van der Waals surface area contributed by atoms with Crippen LogP contribution in [0.3, 0.4) is 0 Å². The number of pyridine rings is 1. The van der Waals surface area contributed by atoms with E-state index in [1.807, 2.05) is 68.4 Å². The highest BCUT2D eigenvalue weighted by atomic mass is 35.5. The average molecular weight is 598 g/mol. The van der Waals surface area contributed by atoms with Gasteiger partial charge in [0.1, 0.15) is 5.82 Å². The molecule has 2 unspecified atom stereocenters. The van der Waals surface area contributed by atoms with Gasteiger partial charge in [0.2, 0.25) is 11.8 Å². The normalized spacial score (nSPS) is 19.2. The molecule has 220 valence electrons. The SMILES string of the molecule is Cc1nn(C)cc1-c1ccc(Cl)c(F)c1C1=CC(=O)N(C2CCCC(C)C(=O)Nc3ccccc3-c3ccnc2c3)CC1. The molecule has 7 nitrogen and oxygen atoms in total. The van der Waals surface area contributed by atoms with Gasteiger partial charge in [0, 0.05) is 60.4 Å². The quantitative estimate of drug-likeness (QED) is 0.267. The number of carbonyl (C=O) groups is 2. The Hall–Kier alpha value is -4.30. The summed E-state index contributed by atoms with van der Waals surface area (Å²) >= 11 is 6.25. The zero-order valence-electron chi connectivity index (χ0n) is 24.4. The molecule has 2 bridgehead atoms. The zero-order chi connectivity index (χ0) is 30.2. The molecule has 4 heterocycles. The fourth-order valence-electron chi connectivity index (χ4n) is 6.22. The van der Waals surface area contributed by atoms with Gasteiger partial charge >= 0.3 is 0 Å². The summed E-state index contributed by atoms with van der Waals surface area (Å²) in [5.74, 6) is -0.960. The topological polar surface area (TPSA) is 80.1 Å². The van der Waals surface area contributed by atoms with E-state index in [-0.39, 0.29) is 28.8 Å². The van der Waals surface area contributed by atoms with Crippen LogP contribution in [-0.2, 0) is 16.6 Å². The maximum absolute atomic E-state index is 15.7. The average Bonchev–Trinajstić information content (AvgIpc) is 3.34. The molecule has 0 aliphatic carbocycles. The van der Waals surface area contributed by atoms with E-state index in [0.717, 1.165) is 40.2 Å². The number of fused-ring (bicyclic) bond motifs is 4. The van der Waals surface area contributed by atoms with Crippen molar-refractivity contribution in [2.45, 2.75) is 45.6 Å². The van der Waals surface area contributed by atoms with E-state index in [4.69, 9.17) is 16.6 Å². The van der Waals surface area contributed by atoms with Crippen molar-refractivity contribution in [2.75, 3.05) is 11.9 Å². The monoisotopic (exact) mass is 597 g/mol. The van der Waals surface area contributed by atoms with Crippen LogP contribution in [-0.4, -0.2) is 38.0 Å². The lowest BCUT2D eigenvalue weighted by molar-refractivity contribution is -0.129. The number of anilines is 1. The number of benzene rings is 2.